The molecule has 2 aliphatic rings. The molecule has 0 saturated carbocycles. The van der Waals surface area contributed by atoms with Crippen LogP contribution in [-0.4, -0.2) is 30.6 Å². The van der Waals surface area contributed by atoms with E-state index >= 15 is 0 Å². The molecule has 7 heteroatoms. The lowest BCUT2D eigenvalue weighted by Crippen LogP contribution is -2.37. The maximum atomic E-state index is 6.18. The number of hydrogen-bond donors (Lipinski definition) is 2. The van der Waals surface area contributed by atoms with Gasteiger partial charge in [0.1, 0.15) is 11.6 Å². The van der Waals surface area contributed by atoms with Gasteiger partial charge in [0.15, 0.2) is 5.96 Å². The summed E-state index contributed by atoms with van der Waals surface area (Å²) in [5.74, 6) is 2.45. The Balaban J connectivity index is 0.00000225. The molecule has 28 heavy (non-hydrogen) atoms. The van der Waals surface area contributed by atoms with E-state index in [9.17, 15) is 0 Å². The third-order valence-electron chi connectivity index (χ3n) is 5.14. The molecule has 1 aromatic carbocycles. The van der Waals surface area contributed by atoms with Crippen LogP contribution in [0.25, 0.3) is 0 Å². The Morgan fingerprint density at radius 1 is 1.29 bits per heavy atom. The molecule has 1 fully saturated rings. The number of benzene rings is 1. The van der Waals surface area contributed by atoms with Crippen molar-refractivity contribution in [1.82, 2.24) is 10.3 Å². The minimum atomic E-state index is 0. The lowest BCUT2D eigenvalue weighted by atomic mass is 10.0. The van der Waals surface area contributed by atoms with Crippen LogP contribution in [0.15, 0.2) is 41.4 Å². The van der Waals surface area contributed by atoms with Gasteiger partial charge in [0, 0.05) is 30.8 Å². The van der Waals surface area contributed by atoms with E-state index in [1.807, 2.05) is 25.1 Å². The van der Waals surface area contributed by atoms with Crippen molar-refractivity contribution in [3.05, 3.63) is 53.2 Å². The average Bonchev–Trinajstić information content (AvgIpc) is 3.21. The summed E-state index contributed by atoms with van der Waals surface area (Å²) in [6.07, 6.45) is 3.36. The second kappa shape index (κ2) is 9.45. The molecule has 0 aliphatic carbocycles. The zero-order chi connectivity index (χ0) is 18.6. The second-order valence-corrected chi connectivity index (χ2v) is 7.24. The number of pyridine rings is 1. The summed E-state index contributed by atoms with van der Waals surface area (Å²) >= 11 is 0. The summed E-state index contributed by atoms with van der Waals surface area (Å²) in [7, 11) is 0. The number of nitrogens with zero attached hydrogens (tertiary/aromatic N) is 3. The Bertz CT molecular complexity index is 835. The Hall–Kier alpha value is -2.03. The standard InChI is InChI=1S/C21H27N5O.HI/c1-15-12-16(13-20(24-15)26-9-4-5-10-26)14-23-21(22)25-18-8-11-27-19-7-3-2-6-17(18)19;/h2-3,6-7,12-13,18H,4-5,8-11,14H2,1H3,(H3,22,23,25);1H. The van der Waals surface area contributed by atoms with Crippen LogP contribution in [0.5, 0.6) is 5.75 Å². The number of rotatable bonds is 4. The van der Waals surface area contributed by atoms with E-state index in [0.717, 1.165) is 47.9 Å². The summed E-state index contributed by atoms with van der Waals surface area (Å²) in [6.45, 7) is 5.45. The fraction of sp³-hybridized carbons (Fsp3) is 0.429. The van der Waals surface area contributed by atoms with Crippen LogP contribution < -0.4 is 20.7 Å². The second-order valence-electron chi connectivity index (χ2n) is 7.24. The highest BCUT2D eigenvalue weighted by atomic mass is 127. The Morgan fingerprint density at radius 2 is 2.07 bits per heavy atom. The molecule has 1 aromatic heterocycles. The number of anilines is 1. The van der Waals surface area contributed by atoms with Gasteiger partial charge < -0.3 is 20.7 Å². The van der Waals surface area contributed by atoms with E-state index in [1.54, 1.807) is 0 Å². The molecule has 3 N–H and O–H groups in total. The molecule has 4 rings (SSSR count). The van der Waals surface area contributed by atoms with Gasteiger partial charge in [0.05, 0.1) is 19.2 Å². The number of aliphatic imine (C=N–C) groups is 1. The zero-order valence-electron chi connectivity index (χ0n) is 16.2. The van der Waals surface area contributed by atoms with Gasteiger partial charge in [0.25, 0.3) is 0 Å². The van der Waals surface area contributed by atoms with Crippen molar-refractivity contribution in [2.45, 2.75) is 38.8 Å². The molecule has 1 atom stereocenters. The smallest absolute Gasteiger partial charge is 0.189 e. The van der Waals surface area contributed by atoms with Crippen LogP contribution in [-0.2, 0) is 6.54 Å². The van der Waals surface area contributed by atoms with Crippen molar-refractivity contribution in [2.75, 3.05) is 24.6 Å². The summed E-state index contributed by atoms with van der Waals surface area (Å²) in [6, 6.07) is 12.4. The molecule has 1 unspecified atom stereocenters. The van der Waals surface area contributed by atoms with Crippen LogP contribution in [0.3, 0.4) is 0 Å². The third-order valence-corrected chi connectivity index (χ3v) is 5.14. The average molecular weight is 493 g/mol. The van der Waals surface area contributed by atoms with Gasteiger partial charge in [-0.2, -0.15) is 0 Å². The third kappa shape index (κ3) is 4.87. The normalized spacial score (nSPS) is 18.8. The number of nitrogens with one attached hydrogen (secondary N) is 1. The van der Waals surface area contributed by atoms with E-state index < -0.39 is 0 Å². The molecule has 0 amide bonds. The van der Waals surface area contributed by atoms with Gasteiger partial charge in [0.2, 0.25) is 0 Å². The van der Waals surface area contributed by atoms with Gasteiger partial charge in [-0.1, -0.05) is 18.2 Å². The predicted molar refractivity (Wildman–Crippen MR) is 124 cm³/mol. The number of hydrogen-bond acceptors (Lipinski definition) is 4. The molecule has 0 spiro atoms. The number of ether oxygens (including phenoxy) is 1. The van der Waals surface area contributed by atoms with Gasteiger partial charge in [-0.15, -0.1) is 24.0 Å². The number of guanidine groups is 1. The number of halogens is 1. The Labute approximate surface area is 183 Å². The fourth-order valence-corrected chi connectivity index (χ4v) is 3.81. The van der Waals surface area contributed by atoms with Gasteiger partial charge >= 0.3 is 0 Å². The van der Waals surface area contributed by atoms with Crippen molar-refractivity contribution in [1.29, 1.82) is 0 Å². The van der Waals surface area contributed by atoms with E-state index in [4.69, 9.17) is 10.5 Å². The number of para-hydroxylation sites is 1. The summed E-state index contributed by atoms with van der Waals surface area (Å²) in [5.41, 5.74) is 9.48. The van der Waals surface area contributed by atoms with Crippen LogP contribution in [0.4, 0.5) is 5.82 Å². The quantitative estimate of drug-likeness (QED) is 0.387. The molecule has 3 heterocycles. The molecule has 0 bridgehead atoms. The first kappa shape index (κ1) is 20.7. The van der Waals surface area contributed by atoms with Crippen molar-refractivity contribution in [3.8, 4) is 5.75 Å². The van der Waals surface area contributed by atoms with Gasteiger partial charge in [-0.05, 0) is 43.5 Å². The fourth-order valence-electron chi connectivity index (χ4n) is 3.81. The Kier molecular flexibility index (Phi) is 6.98. The summed E-state index contributed by atoms with van der Waals surface area (Å²) < 4.78 is 5.71. The molecular formula is C21H28IN5O. The van der Waals surface area contributed by atoms with Crippen LogP contribution in [0.2, 0.25) is 0 Å². The molecule has 0 radical (unpaired) electrons. The maximum absolute atomic E-state index is 6.18. The van der Waals surface area contributed by atoms with Crippen molar-refractivity contribution >= 4 is 35.8 Å². The van der Waals surface area contributed by atoms with E-state index in [0.29, 0.717) is 19.1 Å². The predicted octanol–water partition coefficient (Wildman–Crippen LogP) is 3.54. The molecule has 150 valence electrons. The summed E-state index contributed by atoms with van der Waals surface area (Å²) in [5, 5.41) is 3.35. The van der Waals surface area contributed by atoms with E-state index in [-0.39, 0.29) is 30.0 Å². The molecule has 6 nitrogen and oxygen atoms in total. The zero-order valence-corrected chi connectivity index (χ0v) is 18.6. The molecule has 2 aromatic rings. The number of aryl methyl sites for hydroxylation is 1. The highest BCUT2D eigenvalue weighted by molar-refractivity contribution is 14.0. The highest BCUT2D eigenvalue weighted by Gasteiger charge is 2.21. The number of fused-ring (bicyclic) bond motifs is 1. The van der Waals surface area contributed by atoms with Gasteiger partial charge in [-0.25, -0.2) is 9.98 Å². The SMILES string of the molecule is Cc1cc(CN=C(N)NC2CCOc3ccccc32)cc(N2CCCC2)n1.I. The number of aromatic nitrogens is 1. The maximum Gasteiger partial charge on any atom is 0.189 e. The molecule has 2 aliphatic heterocycles. The minimum absolute atomic E-state index is 0. The minimum Gasteiger partial charge on any atom is -0.493 e. The van der Waals surface area contributed by atoms with Crippen molar-refractivity contribution in [3.63, 3.8) is 0 Å². The van der Waals surface area contributed by atoms with Crippen LogP contribution >= 0.6 is 24.0 Å². The number of nitrogens with two attached hydrogens (primary N) is 1. The van der Waals surface area contributed by atoms with Crippen molar-refractivity contribution < 1.29 is 4.74 Å². The monoisotopic (exact) mass is 493 g/mol. The lowest BCUT2D eigenvalue weighted by Gasteiger charge is -2.27. The lowest BCUT2D eigenvalue weighted by molar-refractivity contribution is 0.262. The van der Waals surface area contributed by atoms with Crippen molar-refractivity contribution in [2.24, 2.45) is 10.7 Å². The summed E-state index contributed by atoms with van der Waals surface area (Å²) in [4.78, 5) is 11.6. The van der Waals surface area contributed by atoms with Crippen LogP contribution in [0.1, 0.15) is 42.1 Å². The Morgan fingerprint density at radius 3 is 2.89 bits per heavy atom. The first-order chi connectivity index (χ1) is 13.2. The van der Waals surface area contributed by atoms with E-state index in [2.05, 4.69) is 38.4 Å². The van der Waals surface area contributed by atoms with Gasteiger partial charge in [-0.3, -0.25) is 0 Å². The van der Waals surface area contributed by atoms with Crippen LogP contribution in [0, 0.1) is 6.92 Å². The highest BCUT2D eigenvalue weighted by Crippen LogP contribution is 2.31. The van der Waals surface area contributed by atoms with E-state index in [1.165, 1.54) is 12.8 Å². The topological polar surface area (TPSA) is 75.8 Å². The molecular weight excluding hydrogens is 465 g/mol. The first-order valence-corrected chi connectivity index (χ1v) is 9.70. The largest absolute Gasteiger partial charge is 0.493 e. The first-order valence-electron chi connectivity index (χ1n) is 9.70. The molecule has 1 saturated heterocycles.